The number of rotatable bonds is 16. The van der Waals surface area contributed by atoms with E-state index in [1.165, 1.54) is 0 Å². The first kappa shape index (κ1) is 31.4. The molecule has 0 amide bonds. The summed E-state index contributed by atoms with van der Waals surface area (Å²) in [6.07, 6.45) is 2.12. The topological polar surface area (TPSA) is 71.1 Å². The van der Waals surface area contributed by atoms with Crippen molar-refractivity contribution in [3.05, 3.63) is 24.3 Å². The van der Waals surface area contributed by atoms with Crippen molar-refractivity contribution >= 4 is 45.5 Å². The smallest absolute Gasteiger partial charge is 0.333 e. The molecule has 186 valence electrons. The second kappa shape index (κ2) is 12.7. The zero-order valence-electron chi connectivity index (χ0n) is 22.1. The van der Waals surface area contributed by atoms with E-state index in [1.54, 1.807) is 13.8 Å². The van der Waals surface area contributed by atoms with Crippen molar-refractivity contribution in [1.82, 2.24) is 0 Å². The van der Waals surface area contributed by atoms with Gasteiger partial charge in [-0.05, 0) is 96.7 Å². The van der Waals surface area contributed by atoms with Gasteiger partial charge in [-0.2, -0.15) is 0 Å². The molecule has 0 aromatic rings. The van der Waals surface area contributed by atoms with Crippen LogP contribution in [0.4, 0.5) is 0 Å². The molecule has 0 unspecified atom stereocenters. The summed E-state index contributed by atoms with van der Waals surface area (Å²) in [6, 6.07) is 1.80. The van der Waals surface area contributed by atoms with E-state index in [2.05, 4.69) is 65.5 Å². The number of carbonyl (C=O) groups excluding carboxylic acids is 2. The van der Waals surface area contributed by atoms with Crippen LogP contribution in [0.25, 0.3) is 0 Å². The Hall–Kier alpha value is -0.632. The van der Waals surface area contributed by atoms with E-state index in [9.17, 15) is 9.59 Å². The molecule has 32 heavy (non-hydrogen) atoms. The molecule has 0 heterocycles. The Labute approximate surface area is 200 Å². The third-order valence-electron chi connectivity index (χ3n) is 4.70. The van der Waals surface area contributed by atoms with Gasteiger partial charge >= 0.3 is 23.1 Å². The molecule has 6 nitrogen and oxygen atoms in total. The highest BCUT2D eigenvalue weighted by Gasteiger charge is 2.43. The van der Waals surface area contributed by atoms with Gasteiger partial charge in [0.2, 0.25) is 0 Å². The highest BCUT2D eigenvalue weighted by molar-refractivity contribution is 6.89. The van der Waals surface area contributed by atoms with Crippen molar-refractivity contribution in [2.45, 2.75) is 97.6 Å². The van der Waals surface area contributed by atoms with Gasteiger partial charge in [0.1, 0.15) is 0 Å². The van der Waals surface area contributed by atoms with E-state index in [0.29, 0.717) is 24.2 Å². The standard InChI is InChI=1S/C22H46O6Si4/c1-19(2)21(23)15-13-17-29(5,6)26-31(9,10)28-32(11,12)27-30(7,8)18-14-16-25-22(24)20(3)4/h1,3,13-18H2,2,4-12H3. The Balaban J connectivity index is 4.72. The molecular weight excluding hydrogens is 473 g/mol. The zero-order valence-corrected chi connectivity index (χ0v) is 26.1. The lowest BCUT2D eigenvalue weighted by Gasteiger charge is -2.41. The van der Waals surface area contributed by atoms with E-state index >= 15 is 0 Å². The van der Waals surface area contributed by atoms with Crippen LogP contribution in [0.1, 0.15) is 33.1 Å². The highest BCUT2D eigenvalue weighted by atomic mass is 28.5. The van der Waals surface area contributed by atoms with E-state index in [-0.39, 0.29) is 11.8 Å². The minimum Gasteiger partial charge on any atom is -0.462 e. The van der Waals surface area contributed by atoms with Gasteiger partial charge in [-0.15, -0.1) is 0 Å². The number of ether oxygens (including phenoxy) is 1. The van der Waals surface area contributed by atoms with Gasteiger partial charge < -0.3 is 17.1 Å². The molecule has 0 saturated carbocycles. The van der Waals surface area contributed by atoms with E-state index < -0.39 is 33.8 Å². The van der Waals surface area contributed by atoms with Crippen molar-refractivity contribution in [2.75, 3.05) is 6.61 Å². The van der Waals surface area contributed by atoms with E-state index in [0.717, 1.165) is 24.9 Å². The van der Waals surface area contributed by atoms with Crippen LogP contribution in [-0.2, 0) is 26.7 Å². The van der Waals surface area contributed by atoms with Crippen molar-refractivity contribution < 1.29 is 26.7 Å². The van der Waals surface area contributed by atoms with E-state index in [1.807, 2.05) is 0 Å². The lowest BCUT2D eigenvalue weighted by molar-refractivity contribution is -0.138. The maximum Gasteiger partial charge on any atom is 0.333 e. The summed E-state index contributed by atoms with van der Waals surface area (Å²) in [4.78, 5) is 23.3. The number of hydrogen-bond donors (Lipinski definition) is 0. The fourth-order valence-corrected chi connectivity index (χ4v) is 23.0. The zero-order chi connectivity index (χ0) is 25.4. The molecule has 0 aromatic heterocycles. The number of allylic oxidation sites excluding steroid dienone is 1. The van der Waals surface area contributed by atoms with Crippen LogP contribution in [0.5, 0.6) is 0 Å². The first-order valence-electron chi connectivity index (χ1n) is 11.4. The fourth-order valence-electron chi connectivity index (χ4n) is 3.74. The molecule has 0 spiro atoms. The average molecular weight is 519 g/mol. The number of ketones is 1. The van der Waals surface area contributed by atoms with Crippen molar-refractivity contribution in [2.24, 2.45) is 0 Å². The van der Waals surface area contributed by atoms with Crippen molar-refractivity contribution in [1.29, 1.82) is 0 Å². The van der Waals surface area contributed by atoms with E-state index in [4.69, 9.17) is 17.1 Å². The summed E-state index contributed by atoms with van der Waals surface area (Å²) in [5.41, 5.74) is 1.04. The van der Waals surface area contributed by atoms with Crippen LogP contribution in [0, 0.1) is 0 Å². The molecule has 0 aliphatic rings. The van der Waals surface area contributed by atoms with Crippen LogP contribution in [0.15, 0.2) is 24.3 Å². The Morgan fingerprint density at radius 3 is 1.53 bits per heavy atom. The normalized spacial score (nSPS) is 13.1. The van der Waals surface area contributed by atoms with Crippen LogP contribution < -0.4 is 0 Å². The molecule has 0 aliphatic heterocycles. The molecule has 0 saturated heterocycles. The quantitative estimate of drug-likeness (QED) is 0.104. The van der Waals surface area contributed by atoms with Gasteiger partial charge in [-0.1, -0.05) is 13.2 Å². The summed E-state index contributed by atoms with van der Waals surface area (Å²) >= 11 is 0. The molecule has 0 rings (SSSR count). The van der Waals surface area contributed by atoms with Crippen molar-refractivity contribution in [3.8, 4) is 0 Å². The number of Topliss-reactive ketones (excluding diaryl/α,β-unsaturated/α-hetero) is 1. The minimum absolute atomic E-state index is 0.131. The minimum atomic E-state index is -2.40. The summed E-state index contributed by atoms with van der Waals surface area (Å²) in [5.74, 6) is -0.213. The third kappa shape index (κ3) is 14.5. The predicted molar refractivity (Wildman–Crippen MR) is 142 cm³/mol. The Kier molecular flexibility index (Phi) is 12.5. The molecule has 10 heteroatoms. The SMILES string of the molecule is C=C(C)C(=O)CCC[Si](C)(C)O[Si](C)(C)O[Si](C)(C)O[Si](C)(C)CCCOC(=O)C(=C)C. The second-order valence-corrected chi connectivity index (χ2v) is 26.8. The van der Waals surface area contributed by atoms with Gasteiger partial charge in [-0.25, -0.2) is 4.79 Å². The molecule has 0 radical (unpaired) electrons. The summed E-state index contributed by atoms with van der Waals surface area (Å²) < 4.78 is 24.9. The summed E-state index contributed by atoms with van der Waals surface area (Å²) in [6.45, 7) is 28.2. The highest BCUT2D eigenvalue weighted by Crippen LogP contribution is 2.27. The molecule has 0 fully saturated rings. The first-order valence-corrected chi connectivity index (χ1v) is 23.3. The van der Waals surface area contributed by atoms with Crippen LogP contribution in [0.3, 0.4) is 0 Å². The Morgan fingerprint density at radius 1 is 0.688 bits per heavy atom. The molecule has 0 aliphatic carbocycles. The lowest BCUT2D eigenvalue weighted by Crippen LogP contribution is -2.56. The fraction of sp³-hybridized carbons (Fsp3) is 0.727. The lowest BCUT2D eigenvalue weighted by atomic mass is 10.1. The van der Waals surface area contributed by atoms with Gasteiger partial charge in [0.05, 0.1) is 6.61 Å². The van der Waals surface area contributed by atoms with Crippen LogP contribution in [-0.4, -0.2) is 52.1 Å². The maximum atomic E-state index is 11.8. The summed E-state index contributed by atoms with van der Waals surface area (Å²) in [5, 5.41) is 0. The maximum absolute atomic E-state index is 11.8. The Morgan fingerprint density at radius 2 is 1.12 bits per heavy atom. The number of carbonyl (C=O) groups is 2. The monoisotopic (exact) mass is 518 g/mol. The Bertz CT molecular complexity index is 686. The molecule has 0 bridgehead atoms. The second-order valence-electron chi connectivity index (χ2n) is 10.7. The largest absolute Gasteiger partial charge is 0.462 e. The summed E-state index contributed by atoms with van der Waals surface area (Å²) in [7, 11) is -8.76. The van der Waals surface area contributed by atoms with Crippen molar-refractivity contribution in [3.63, 3.8) is 0 Å². The average Bonchev–Trinajstić information content (AvgIpc) is 2.54. The van der Waals surface area contributed by atoms with Crippen LogP contribution >= 0.6 is 0 Å². The molecular formula is C22H46O6Si4. The van der Waals surface area contributed by atoms with Gasteiger partial charge in [0, 0.05) is 12.0 Å². The van der Waals surface area contributed by atoms with Crippen LogP contribution in [0.2, 0.25) is 64.5 Å². The third-order valence-corrected chi connectivity index (χ3v) is 20.1. The predicted octanol–water partition coefficient (Wildman–Crippen LogP) is 6.28. The van der Waals surface area contributed by atoms with Gasteiger partial charge in [0.15, 0.2) is 22.4 Å². The first-order chi connectivity index (χ1) is 14.3. The number of hydrogen-bond acceptors (Lipinski definition) is 6. The molecule has 0 aromatic carbocycles. The van der Waals surface area contributed by atoms with Gasteiger partial charge in [0.25, 0.3) is 0 Å². The molecule has 0 atom stereocenters. The van der Waals surface area contributed by atoms with Gasteiger partial charge in [-0.3, -0.25) is 4.79 Å². The number of esters is 1. The molecule has 0 N–H and O–H groups in total.